The lowest BCUT2D eigenvalue weighted by Crippen LogP contribution is -2.54. The van der Waals surface area contributed by atoms with Crippen molar-refractivity contribution in [1.82, 2.24) is 14.8 Å². The summed E-state index contributed by atoms with van der Waals surface area (Å²) in [5, 5.41) is 0. The van der Waals surface area contributed by atoms with Gasteiger partial charge in [-0.15, -0.1) is 0 Å². The molecule has 0 radical (unpaired) electrons. The third-order valence-electron chi connectivity index (χ3n) is 5.36. The van der Waals surface area contributed by atoms with Crippen molar-refractivity contribution in [2.24, 2.45) is 0 Å². The molecule has 1 aliphatic heterocycles. The highest BCUT2D eigenvalue weighted by Gasteiger charge is 2.30. The fourth-order valence-corrected chi connectivity index (χ4v) is 3.54. The van der Waals surface area contributed by atoms with E-state index >= 15 is 0 Å². The molecular weight excluding hydrogens is 452 g/mol. The van der Waals surface area contributed by atoms with Gasteiger partial charge in [-0.2, -0.15) is 0 Å². The van der Waals surface area contributed by atoms with Gasteiger partial charge in [0.15, 0.2) is 0 Å². The number of methoxy groups -OCH3 is 2. The minimum Gasteiger partial charge on any atom is -0.497 e. The molecular formula is C25H32N4O6. The third kappa shape index (κ3) is 6.84. The Morgan fingerprint density at radius 1 is 1.00 bits per heavy atom. The van der Waals surface area contributed by atoms with E-state index in [0.717, 1.165) is 0 Å². The van der Waals surface area contributed by atoms with Crippen LogP contribution in [0.5, 0.6) is 5.75 Å². The summed E-state index contributed by atoms with van der Waals surface area (Å²) < 4.78 is 15.5. The number of amides is 3. The van der Waals surface area contributed by atoms with Crippen molar-refractivity contribution in [3.8, 4) is 5.75 Å². The first-order chi connectivity index (χ1) is 16.6. The second-order valence-electron chi connectivity index (χ2n) is 9.05. The number of anilines is 1. The Bertz CT molecular complexity index is 1040. The zero-order valence-corrected chi connectivity index (χ0v) is 20.8. The van der Waals surface area contributed by atoms with Crippen LogP contribution in [0.2, 0.25) is 0 Å². The molecule has 0 spiro atoms. The molecule has 188 valence electrons. The molecule has 3 amide bonds. The molecule has 1 fully saturated rings. The highest BCUT2D eigenvalue weighted by Crippen LogP contribution is 2.24. The fourth-order valence-electron chi connectivity index (χ4n) is 3.54. The maximum atomic E-state index is 13.6. The van der Waals surface area contributed by atoms with Crippen LogP contribution in [-0.4, -0.2) is 78.9 Å². The van der Waals surface area contributed by atoms with Crippen LogP contribution >= 0.6 is 0 Å². The monoisotopic (exact) mass is 484 g/mol. The predicted molar refractivity (Wildman–Crippen MR) is 130 cm³/mol. The van der Waals surface area contributed by atoms with Gasteiger partial charge < -0.3 is 24.0 Å². The number of hydrogen-bond acceptors (Lipinski definition) is 7. The Kier molecular flexibility index (Phi) is 8.16. The maximum absolute atomic E-state index is 13.6. The van der Waals surface area contributed by atoms with E-state index in [0.29, 0.717) is 48.9 Å². The number of nitrogens with zero attached hydrogens (tertiary/aromatic N) is 4. The normalized spacial score (nSPS) is 13.7. The Labute approximate surface area is 205 Å². The van der Waals surface area contributed by atoms with Gasteiger partial charge in [0.05, 0.1) is 32.0 Å². The largest absolute Gasteiger partial charge is 0.497 e. The SMILES string of the molecule is COC(=O)c1ccc(CN(C(=O)N2CCN(C(=O)OC(C)(C)C)CC2)c2cccc(OC)c2)nc1. The summed E-state index contributed by atoms with van der Waals surface area (Å²) in [7, 11) is 2.87. The molecule has 3 rings (SSSR count). The van der Waals surface area contributed by atoms with E-state index in [4.69, 9.17) is 14.2 Å². The molecule has 10 heteroatoms. The first kappa shape index (κ1) is 25.8. The number of pyridine rings is 1. The zero-order chi connectivity index (χ0) is 25.6. The number of carbonyl (C=O) groups excluding carboxylic acids is 3. The molecule has 10 nitrogen and oxygen atoms in total. The Morgan fingerprint density at radius 3 is 2.26 bits per heavy atom. The van der Waals surface area contributed by atoms with Gasteiger partial charge in [-0.05, 0) is 45.0 Å². The molecule has 2 aromatic rings. The molecule has 2 heterocycles. The molecule has 0 N–H and O–H groups in total. The number of ether oxygens (including phenoxy) is 3. The molecule has 0 atom stereocenters. The molecule has 0 aliphatic carbocycles. The number of benzene rings is 1. The Balaban J connectivity index is 1.77. The van der Waals surface area contributed by atoms with Crippen LogP contribution < -0.4 is 9.64 Å². The van der Waals surface area contributed by atoms with Crippen molar-refractivity contribution in [3.63, 3.8) is 0 Å². The summed E-state index contributed by atoms with van der Waals surface area (Å²) >= 11 is 0. The molecule has 0 unspecified atom stereocenters. The molecule has 0 saturated carbocycles. The van der Waals surface area contributed by atoms with Crippen molar-refractivity contribution in [1.29, 1.82) is 0 Å². The zero-order valence-electron chi connectivity index (χ0n) is 20.8. The van der Waals surface area contributed by atoms with Gasteiger partial charge >= 0.3 is 18.1 Å². The molecule has 1 aromatic carbocycles. The smallest absolute Gasteiger partial charge is 0.410 e. The van der Waals surface area contributed by atoms with E-state index < -0.39 is 11.6 Å². The van der Waals surface area contributed by atoms with Crippen molar-refractivity contribution < 1.29 is 28.6 Å². The fraction of sp³-hybridized carbons (Fsp3) is 0.440. The van der Waals surface area contributed by atoms with Crippen LogP contribution in [0.15, 0.2) is 42.6 Å². The van der Waals surface area contributed by atoms with Gasteiger partial charge in [0.25, 0.3) is 0 Å². The average Bonchev–Trinajstić information content (AvgIpc) is 2.86. The van der Waals surface area contributed by atoms with Crippen LogP contribution in [0.4, 0.5) is 15.3 Å². The lowest BCUT2D eigenvalue weighted by Gasteiger charge is -2.38. The predicted octanol–water partition coefficient (Wildman–Crippen LogP) is 3.56. The van der Waals surface area contributed by atoms with Gasteiger partial charge in [0, 0.05) is 44.1 Å². The standard InChI is InChI=1S/C25H32N4O6/c1-25(2,3)35-24(32)28-13-11-27(12-14-28)23(31)29(20-7-6-8-21(15-20)33-4)17-19-10-9-18(16-26-19)22(30)34-5/h6-10,15-16H,11-14,17H2,1-5H3. The summed E-state index contributed by atoms with van der Waals surface area (Å²) in [4.78, 5) is 47.0. The van der Waals surface area contributed by atoms with Crippen LogP contribution in [0.1, 0.15) is 36.8 Å². The maximum Gasteiger partial charge on any atom is 0.410 e. The number of aromatic nitrogens is 1. The number of rotatable bonds is 5. The first-order valence-electron chi connectivity index (χ1n) is 11.3. The quantitative estimate of drug-likeness (QED) is 0.598. The second kappa shape index (κ2) is 11.1. The van der Waals surface area contributed by atoms with E-state index in [9.17, 15) is 14.4 Å². The van der Waals surface area contributed by atoms with Gasteiger partial charge in [-0.1, -0.05) is 6.07 Å². The molecule has 1 aromatic heterocycles. The number of hydrogen-bond donors (Lipinski definition) is 0. The molecule has 35 heavy (non-hydrogen) atoms. The van der Waals surface area contributed by atoms with E-state index in [-0.39, 0.29) is 18.7 Å². The van der Waals surface area contributed by atoms with Crippen LogP contribution in [-0.2, 0) is 16.0 Å². The number of piperazine rings is 1. The van der Waals surface area contributed by atoms with E-state index in [1.807, 2.05) is 32.9 Å². The summed E-state index contributed by atoms with van der Waals surface area (Å²) in [6.45, 7) is 7.13. The van der Waals surface area contributed by atoms with Gasteiger partial charge in [-0.3, -0.25) is 9.88 Å². The van der Waals surface area contributed by atoms with Crippen LogP contribution in [0.25, 0.3) is 0 Å². The van der Waals surface area contributed by atoms with Gasteiger partial charge in [0.2, 0.25) is 0 Å². The van der Waals surface area contributed by atoms with Crippen LogP contribution in [0, 0.1) is 0 Å². The van der Waals surface area contributed by atoms with E-state index in [1.54, 1.807) is 46.1 Å². The summed E-state index contributed by atoms with van der Waals surface area (Å²) in [5.74, 6) is 0.136. The van der Waals surface area contributed by atoms with Crippen molar-refractivity contribution in [3.05, 3.63) is 53.9 Å². The Morgan fingerprint density at radius 2 is 1.69 bits per heavy atom. The summed E-state index contributed by atoms with van der Waals surface area (Å²) in [6, 6.07) is 10.3. The highest BCUT2D eigenvalue weighted by atomic mass is 16.6. The topological polar surface area (TPSA) is 102 Å². The molecule has 0 bridgehead atoms. The minimum atomic E-state index is -0.580. The molecule has 1 aliphatic rings. The number of urea groups is 1. The van der Waals surface area contributed by atoms with Crippen LogP contribution in [0.3, 0.4) is 0 Å². The van der Waals surface area contributed by atoms with E-state index in [2.05, 4.69) is 4.98 Å². The van der Waals surface area contributed by atoms with Crippen molar-refractivity contribution in [2.45, 2.75) is 32.9 Å². The third-order valence-corrected chi connectivity index (χ3v) is 5.36. The van der Waals surface area contributed by atoms with Crippen molar-refractivity contribution >= 4 is 23.8 Å². The minimum absolute atomic E-state index is 0.180. The molecule has 1 saturated heterocycles. The Hall–Kier alpha value is -3.82. The highest BCUT2D eigenvalue weighted by molar-refractivity contribution is 5.92. The lowest BCUT2D eigenvalue weighted by molar-refractivity contribution is 0.0172. The van der Waals surface area contributed by atoms with Crippen molar-refractivity contribution in [2.75, 3.05) is 45.3 Å². The lowest BCUT2D eigenvalue weighted by atomic mass is 10.2. The first-order valence-corrected chi connectivity index (χ1v) is 11.3. The number of esters is 1. The summed E-state index contributed by atoms with van der Waals surface area (Å²) in [5.41, 5.74) is 0.988. The average molecular weight is 485 g/mol. The van der Waals surface area contributed by atoms with E-state index in [1.165, 1.54) is 13.3 Å². The summed E-state index contributed by atoms with van der Waals surface area (Å²) in [6.07, 6.45) is 1.04. The number of carbonyl (C=O) groups is 3. The van der Waals surface area contributed by atoms with Gasteiger partial charge in [0.1, 0.15) is 11.4 Å². The van der Waals surface area contributed by atoms with Gasteiger partial charge in [-0.25, -0.2) is 14.4 Å². The second-order valence-corrected chi connectivity index (χ2v) is 9.05.